The van der Waals surface area contributed by atoms with E-state index in [1.165, 1.54) is 12.3 Å². The van der Waals surface area contributed by atoms with Gasteiger partial charge in [-0.15, -0.1) is 0 Å². The minimum Gasteiger partial charge on any atom is -0.353 e. The molecule has 0 saturated carbocycles. The van der Waals surface area contributed by atoms with Crippen molar-refractivity contribution in [3.05, 3.63) is 52.1 Å². The van der Waals surface area contributed by atoms with Crippen molar-refractivity contribution in [2.45, 2.75) is 32.0 Å². The molecule has 0 radical (unpaired) electrons. The third kappa shape index (κ3) is 5.01. The summed E-state index contributed by atoms with van der Waals surface area (Å²) >= 11 is 12.5. The molecule has 7 nitrogen and oxygen atoms in total. The molecule has 1 unspecified atom stereocenters. The van der Waals surface area contributed by atoms with E-state index in [4.69, 9.17) is 38.2 Å². The Balaban J connectivity index is 1.45. The molecule has 3 aromatic rings. The van der Waals surface area contributed by atoms with Crippen LogP contribution in [0.3, 0.4) is 0 Å². The summed E-state index contributed by atoms with van der Waals surface area (Å²) in [6.45, 7) is 4.53. The number of pyridine rings is 1. The molecule has 2 aliphatic rings. The fourth-order valence-corrected chi connectivity index (χ4v) is 5.13. The van der Waals surface area contributed by atoms with E-state index in [9.17, 15) is 13.2 Å². The zero-order chi connectivity index (χ0) is 25.4. The molecule has 190 valence electrons. The first kappa shape index (κ1) is 24.8. The van der Waals surface area contributed by atoms with Crippen molar-refractivity contribution in [1.82, 2.24) is 19.9 Å². The molecule has 2 fully saturated rings. The van der Waals surface area contributed by atoms with Gasteiger partial charge >= 0.3 is 6.18 Å². The minimum absolute atomic E-state index is 0.0551. The van der Waals surface area contributed by atoms with E-state index < -0.39 is 11.7 Å². The molecular formula is C24H24Cl2F3N7. The van der Waals surface area contributed by atoms with Crippen LogP contribution >= 0.6 is 23.2 Å². The summed E-state index contributed by atoms with van der Waals surface area (Å²) in [6, 6.07) is 7.80. The maximum Gasteiger partial charge on any atom is 0.419 e. The van der Waals surface area contributed by atoms with Gasteiger partial charge in [-0.3, -0.25) is 0 Å². The van der Waals surface area contributed by atoms with E-state index in [0.717, 1.165) is 25.5 Å². The number of benzene rings is 1. The van der Waals surface area contributed by atoms with Crippen molar-refractivity contribution in [3.8, 4) is 11.4 Å². The van der Waals surface area contributed by atoms with Gasteiger partial charge in [0.25, 0.3) is 0 Å². The van der Waals surface area contributed by atoms with Gasteiger partial charge in [-0.1, -0.05) is 23.2 Å². The van der Waals surface area contributed by atoms with Crippen LogP contribution in [0.25, 0.3) is 11.4 Å². The lowest BCUT2D eigenvalue weighted by Crippen LogP contribution is -2.48. The Morgan fingerprint density at radius 3 is 2.31 bits per heavy atom. The van der Waals surface area contributed by atoms with Crippen LogP contribution in [0.5, 0.6) is 0 Å². The lowest BCUT2D eigenvalue weighted by atomic mass is 10.2. The Morgan fingerprint density at radius 1 is 0.917 bits per heavy atom. The van der Waals surface area contributed by atoms with Crippen molar-refractivity contribution in [2.75, 3.05) is 47.4 Å². The van der Waals surface area contributed by atoms with Crippen LogP contribution in [0.2, 0.25) is 10.0 Å². The highest BCUT2D eigenvalue weighted by Crippen LogP contribution is 2.36. The lowest BCUT2D eigenvalue weighted by molar-refractivity contribution is -0.137. The maximum absolute atomic E-state index is 13.5. The van der Waals surface area contributed by atoms with Gasteiger partial charge in [-0.25, -0.2) is 4.98 Å². The molecule has 1 aromatic carbocycles. The summed E-state index contributed by atoms with van der Waals surface area (Å²) in [5, 5.41) is 0.940. The normalized spacial score (nSPS) is 18.7. The van der Waals surface area contributed by atoms with E-state index in [2.05, 4.69) is 16.8 Å². The average Bonchev–Trinajstić information content (AvgIpc) is 3.29. The van der Waals surface area contributed by atoms with Gasteiger partial charge in [0.2, 0.25) is 11.9 Å². The van der Waals surface area contributed by atoms with Crippen LogP contribution in [0.4, 0.5) is 30.9 Å². The van der Waals surface area contributed by atoms with Crippen molar-refractivity contribution in [2.24, 2.45) is 0 Å². The lowest BCUT2D eigenvalue weighted by Gasteiger charge is -2.36. The van der Waals surface area contributed by atoms with Crippen LogP contribution in [-0.2, 0) is 6.18 Å². The number of halogens is 5. The average molecular weight is 538 g/mol. The zero-order valence-electron chi connectivity index (χ0n) is 19.5. The Labute approximate surface area is 216 Å². The molecule has 0 bridgehead atoms. The number of anilines is 3. The van der Waals surface area contributed by atoms with Gasteiger partial charge in [0.15, 0.2) is 5.82 Å². The Hall–Kier alpha value is -2.85. The molecule has 0 spiro atoms. The molecule has 1 atom stereocenters. The van der Waals surface area contributed by atoms with Gasteiger partial charge < -0.3 is 14.7 Å². The standard InChI is InChI=1S/C24H24Cl2F3N7/c1-15-4-3-9-36(15)23-32-20(17-7-6-16(25)14-19(17)26)31-22(33-23)35-12-10-34(11-13-35)21-18(24(27,28)29)5-2-8-30-21/h2,5-8,14-15H,3-4,9-13H2,1H3. The number of rotatable bonds is 4. The maximum atomic E-state index is 13.5. The predicted molar refractivity (Wildman–Crippen MR) is 135 cm³/mol. The second-order valence-electron chi connectivity index (χ2n) is 8.91. The molecule has 0 amide bonds. The van der Waals surface area contributed by atoms with Gasteiger partial charge in [0.05, 0.1) is 10.6 Å². The van der Waals surface area contributed by atoms with Crippen LogP contribution in [0.1, 0.15) is 25.3 Å². The first-order chi connectivity index (χ1) is 17.2. The third-order valence-electron chi connectivity index (χ3n) is 6.55. The molecule has 2 aromatic heterocycles. The number of hydrogen-bond acceptors (Lipinski definition) is 7. The highest BCUT2D eigenvalue weighted by molar-refractivity contribution is 6.36. The number of aromatic nitrogens is 4. The van der Waals surface area contributed by atoms with Gasteiger partial charge in [0.1, 0.15) is 5.82 Å². The number of piperazine rings is 1. The predicted octanol–water partition coefficient (Wildman–Crippen LogP) is 5.57. The van der Waals surface area contributed by atoms with Gasteiger partial charge in [0, 0.05) is 55.5 Å². The van der Waals surface area contributed by atoms with Gasteiger partial charge in [-0.05, 0) is 50.1 Å². The smallest absolute Gasteiger partial charge is 0.353 e. The van der Waals surface area contributed by atoms with Crippen LogP contribution < -0.4 is 14.7 Å². The SMILES string of the molecule is CC1CCCN1c1nc(-c2ccc(Cl)cc2Cl)nc(N2CCN(c3ncccc3C(F)(F)F)CC2)n1. The van der Waals surface area contributed by atoms with Crippen LogP contribution in [-0.4, -0.2) is 58.7 Å². The summed E-state index contributed by atoms with van der Waals surface area (Å²) in [6.07, 6.45) is -0.997. The molecular weight excluding hydrogens is 514 g/mol. The number of alkyl halides is 3. The summed E-state index contributed by atoms with van der Waals surface area (Å²) < 4.78 is 40.5. The molecule has 2 aliphatic heterocycles. The van der Waals surface area contributed by atoms with E-state index in [1.54, 1.807) is 23.1 Å². The van der Waals surface area contributed by atoms with Crippen molar-refractivity contribution in [3.63, 3.8) is 0 Å². The second-order valence-corrected chi connectivity index (χ2v) is 9.76. The molecule has 36 heavy (non-hydrogen) atoms. The van der Waals surface area contributed by atoms with E-state index in [1.807, 2.05) is 4.90 Å². The molecule has 5 rings (SSSR count). The summed E-state index contributed by atoms with van der Waals surface area (Å²) in [5.41, 5.74) is -0.0941. The number of nitrogens with zero attached hydrogens (tertiary/aromatic N) is 7. The molecule has 2 saturated heterocycles. The Kier molecular flexibility index (Phi) is 6.82. The first-order valence-electron chi connectivity index (χ1n) is 11.7. The highest BCUT2D eigenvalue weighted by atomic mass is 35.5. The van der Waals surface area contributed by atoms with Crippen molar-refractivity contribution < 1.29 is 13.2 Å². The largest absolute Gasteiger partial charge is 0.419 e. The summed E-state index contributed by atoms with van der Waals surface area (Å²) in [4.78, 5) is 24.0. The molecule has 0 N–H and O–H groups in total. The topological polar surface area (TPSA) is 61.3 Å². The monoisotopic (exact) mass is 537 g/mol. The highest BCUT2D eigenvalue weighted by Gasteiger charge is 2.36. The minimum atomic E-state index is -4.47. The van der Waals surface area contributed by atoms with Crippen LogP contribution in [0.15, 0.2) is 36.5 Å². The quantitative estimate of drug-likeness (QED) is 0.430. The van der Waals surface area contributed by atoms with E-state index in [-0.39, 0.29) is 11.9 Å². The van der Waals surface area contributed by atoms with Gasteiger partial charge in [-0.2, -0.15) is 28.1 Å². The van der Waals surface area contributed by atoms with E-state index in [0.29, 0.717) is 59.5 Å². The third-order valence-corrected chi connectivity index (χ3v) is 7.10. The summed E-state index contributed by atoms with van der Waals surface area (Å²) in [5.74, 6) is 1.41. The van der Waals surface area contributed by atoms with Crippen LogP contribution in [0, 0.1) is 0 Å². The number of hydrogen-bond donors (Lipinski definition) is 0. The zero-order valence-corrected chi connectivity index (χ0v) is 21.0. The molecule has 4 heterocycles. The second kappa shape index (κ2) is 9.89. The van der Waals surface area contributed by atoms with Crippen molar-refractivity contribution in [1.29, 1.82) is 0 Å². The first-order valence-corrected chi connectivity index (χ1v) is 12.5. The van der Waals surface area contributed by atoms with Crippen molar-refractivity contribution >= 4 is 40.9 Å². The fraction of sp³-hybridized carbons (Fsp3) is 0.417. The fourth-order valence-electron chi connectivity index (χ4n) is 4.63. The molecule has 12 heteroatoms. The van der Waals surface area contributed by atoms with E-state index >= 15 is 0 Å². The summed E-state index contributed by atoms with van der Waals surface area (Å²) in [7, 11) is 0. The molecule has 0 aliphatic carbocycles. The Morgan fingerprint density at radius 2 is 1.64 bits per heavy atom. The Bertz CT molecular complexity index is 1250.